The van der Waals surface area contributed by atoms with Gasteiger partial charge >= 0.3 is 45.2 Å². The van der Waals surface area contributed by atoms with E-state index in [9.17, 15) is 9.13 Å². The zero-order valence-electron chi connectivity index (χ0n) is 7.64. The first-order valence-corrected chi connectivity index (χ1v) is 5.26. The Labute approximate surface area is 97.5 Å². The van der Waals surface area contributed by atoms with Gasteiger partial charge in [-0.25, -0.2) is 9.13 Å². The molecule has 8 nitrogen and oxygen atoms in total. The topological polar surface area (TPSA) is 145 Å². The summed E-state index contributed by atoms with van der Waals surface area (Å²) < 4.78 is 22.2. The van der Waals surface area contributed by atoms with E-state index in [0.29, 0.717) is 0 Å². The van der Waals surface area contributed by atoms with E-state index in [1.165, 1.54) is 0 Å². The van der Waals surface area contributed by atoms with E-state index in [4.69, 9.17) is 24.7 Å². The van der Waals surface area contributed by atoms with Gasteiger partial charge in [-0.15, -0.1) is 0 Å². The summed E-state index contributed by atoms with van der Waals surface area (Å²) in [5, 5.41) is 7.33. The van der Waals surface area contributed by atoms with Crippen molar-refractivity contribution in [1.82, 2.24) is 0 Å². The Morgan fingerprint density at radius 2 is 1.31 bits per heavy atom. The van der Waals surface area contributed by atoms with E-state index < -0.39 is 15.6 Å². The van der Waals surface area contributed by atoms with E-state index in [1.54, 1.807) is 0 Å². The number of hydrogen-bond acceptors (Lipinski definition) is 4. The van der Waals surface area contributed by atoms with Crippen molar-refractivity contribution >= 4 is 15.6 Å². The molecule has 0 fully saturated rings. The van der Waals surface area contributed by atoms with Crippen LogP contribution in [0.15, 0.2) is 12.8 Å². The van der Waals surface area contributed by atoms with Crippen LogP contribution in [0.2, 0.25) is 0 Å². The Morgan fingerprint density at radius 3 is 1.31 bits per heavy atom. The largest absolute Gasteiger partial charge is 1.00 e. The average molecular weight is 246 g/mol. The monoisotopic (exact) mass is 246 g/mol. The SMILES string of the molecule is C=CO.O=P(O)(O)OP(=O)(O)O.[H-].[Na+]. The zero-order valence-corrected chi connectivity index (χ0v) is 10.4. The Hall–Kier alpha value is 0.800. The van der Waals surface area contributed by atoms with Crippen molar-refractivity contribution in [2.45, 2.75) is 0 Å². The van der Waals surface area contributed by atoms with Gasteiger partial charge in [0.25, 0.3) is 0 Å². The molecule has 11 heteroatoms. The third-order valence-electron chi connectivity index (χ3n) is 0.213. The second-order valence-corrected chi connectivity index (χ2v) is 3.86. The summed E-state index contributed by atoms with van der Waals surface area (Å²) in [5.74, 6) is 0. The summed E-state index contributed by atoms with van der Waals surface area (Å²) >= 11 is 0. The van der Waals surface area contributed by atoms with Gasteiger partial charge in [0.1, 0.15) is 0 Å². The summed E-state index contributed by atoms with van der Waals surface area (Å²) in [6, 6.07) is 0. The first-order valence-electron chi connectivity index (χ1n) is 2.20. The second-order valence-electron chi connectivity index (χ2n) is 1.25. The van der Waals surface area contributed by atoms with E-state index in [2.05, 4.69) is 10.9 Å². The molecule has 0 aromatic heterocycles. The molecular weight excluding hydrogens is 237 g/mol. The van der Waals surface area contributed by atoms with Crippen LogP contribution in [0, 0.1) is 0 Å². The number of aliphatic hydroxyl groups is 1. The molecule has 0 atom stereocenters. The minimum atomic E-state index is -5.05. The van der Waals surface area contributed by atoms with Crippen molar-refractivity contribution in [2.24, 2.45) is 0 Å². The molecule has 13 heavy (non-hydrogen) atoms. The molecule has 0 aromatic rings. The molecule has 0 unspecified atom stereocenters. The van der Waals surface area contributed by atoms with Gasteiger partial charge in [-0.2, -0.15) is 4.31 Å². The van der Waals surface area contributed by atoms with Gasteiger partial charge in [-0.3, -0.25) is 0 Å². The van der Waals surface area contributed by atoms with Crippen LogP contribution in [0.25, 0.3) is 0 Å². The third-order valence-corrected chi connectivity index (χ3v) is 1.91. The Bertz CT molecular complexity index is 199. The van der Waals surface area contributed by atoms with Crippen molar-refractivity contribution in [1.29, 1.82) is 0 Å². The summed E-state index contributed by atoms with van der Waals surface area (Å²) in [6.45, 7) is 2.92. The fourth-order valence-electron chi connectivity index (χ4n) is 0.139. The molecule has 0 aliphatic rings. The van der Waals surface area contributed by atoms with Crippen molar-refractivity contribution < 1.29 is 69.1 Å². The second kappa shape index (κ2) is 8.14. The van der Waals surface area contributed by atoms with Gasteiger partial charge < -0.3 is 26.1 Å². The molecule has 0 amide bonds. The molecule has 0 radical (unpaired) electrons. The first kappa shape index (κ1) is 19.4. The molecule has 0 aliphatic carbocycles. The normalized spacial score (nSPS) is 10.5. The van der Waals surface area contributed by atoms with Crippen LogP contribution in [-0.2, 0) is 13.4 Å². The molecule has 0 spiro atoms. The number of rotatable bonds is 2. The minimum absolute atomic E-state index is 0. The first-order chi connectivity index (χ1) is 5.12. The van der Waals surface area contributed by atoms with E-state index >= 15 is 0 Å². The molecule has 0 bridgehead atoms. The van der Waals surface area contributed by atoms with Gasteiger partial charge in [0.2, 0.25) is 0 Å². The fraction of sp³-hybridized carbons (Fsp3) is 0. The smallest absolute Gasteiger partial charge is 1.00 e. The van der Waals surface area contributed by atoms with E-state index in [0.717, 1.165) is 6.26 Å². The summed E-state index contributed by atoms with van der Waals surface area (Å²) in [7, 11) is -10.1. The molecule has 5 N–H and O–H groups in total. The van der Waals surface area contributed by atoms with Gasteiger partial charge in [0.05, 0.1) is 6.26 Å². The summed E-state index contributed by atoms with van der Waals surface area (Å²) in [4.78, 5) is 31.0. The maximum absolute atomic E-state index is 9.63. The molecule has 0 saturated heterocycles. The van der Waals surface area contributed by atoms with Crippen molar-refractivity contribution in [2.75, 3.05) is 0 Å². The zero-order chi connectivity index (χ0) is 10.4. The van der Waals surface area contributed by atoms with E-state index in [-0.39, 0.29) is 31.0 Å². The standard InChI is InChI=1S/C2H4O.Na.H4O7P2.H/c1-2-3;;1-8(2,3)7-9(4,5)6;/h2-3H,1H2;;(H2,1,2,3)(H2,4,5,6);/q;+1;;-1. The fourth-order valence-corrected chi connectivity index (χ4v) is 1.25. The van der Waals surface area contributed by atoms with Gasteiger partial charge in [0, 0.05) is 0 Å². The van der Waals surface area contributed by atoms with Crippen LogP contribution < -0.4 is 29.6 Å². The molecule has 0 rings (SSSR count). The van der Waals surface area contributed by atoms with Crippen molar-refractivity contribution in [3.05, 3.63) is 12.8 Å². The molecule has 0 heterocycles. The van der Waals surface area contributed by atoms with Crippen LogP contribution in [0.1, 0.15) is 1.43 Å². The summed E-state index contributed by atoms with van der Waals surface area (Å²) in [5.41, 5.74) is 0. The Morgan fingerprint density at radius 1 is 1.15 bits per heavy atom. The predicted octanol–water partition coefficient (Wildman–Crippen LogP) is -3.01. The van der Waals surface area contributed by atoms with Gasteiger partial charge in [-0.1, -0.05) is 6.58 Å². The number of aliphatic hydroxyl groups excluding tert-OH is 1. The maximum Gasteiger partial charge on any atom is 1.00 e. The average Bonchev–Trinajstić information content (AvgIpc) is 1.53. The predicted molar refractivity (Wildman–Crippen MR) is 39.1 cm³/mol. The van der Waals surface area contributed by atoms with Crippen LogP contribution in [0.4, 0.5) is 0 Å². The number of hydrogen-bond donors (Lipinski definition) is 5. The molecule has 0 saturated carbocycles. The Kier molecular flexibility index (Phi) is 12.1. The summed E-state index contributed by atoms with van der Waals surface area (Å²) in [6.07, 6.45) is 0.750. The van der Waals surface area contributed by atoms with Crippen LogP contribution in [0.3, 0.4) is 0 Å². The van der Waals surface area contributed by atoms with Crippen molar-refractivity contribution in [3.8, 4) is 0 Å². The molecule has 0 aliphatic heterocycles. The van der Waals surface area contributed by atoms with Crippen LogP contribution in [0.5, 0.6) is 0 Å². The molecular formula is C2H9NaO8P2. The van der Waals surface area contributed by atoms with Crippen LogP contribution in [-0.4, -0.2) is 24.7 Å². The molecule has 0 aromatic carbocycles. The molecule has 76 valence electrons. The maximum atomic E-state index is 9.63. The van der Waals surface area contributed by atoms with Gasteiger partial charge in [0.15, 0.2) is 0 Å². The van der Waals surface area contributed by atoms with Gasteiger partial charge in [-0.05, 0) is 0 Å². The van der Waals surface area contributed by atoms with Crippen LogP contribution >= 0.6 is 15.6 Å². The number of phosphoric acid groups is 2. The van der Waals surface area contributed by atoms with E-state index in [1.807, 2.05) is 0 Å². The quantitative estimate of drug-likeness (QED) is 0.197. The Balaban J connectivity index is -0.0000000891. The minimum Gasteiger partial charge on any atom is -1.00 e. The third kappa shape index (κ3) is 32.3. The van der Waals surface area contributed by atoms with Crippen molar-refractivity contribution in [3.63, 3.8) is 0 Å².